The molecule has 8 nitrogen and oxygen atoms in total. The van der Waals surface area contributed by atoms with Crippen LogP contribution >= 0.6 is 0 Å². The molecule has 0 aromatic heterocycles. The predicted molar refractivity (Wildman–Crippen MR) is 106 cm³/mol. The van der Waals surface area contributed by atoms with Crippen molar-refractivity contribution in [2.24, 2.45) is 5.92 Å². The third-order valence-electron chi connectivity index (χ3n) is 5.48. The van der Waals surface area contributed by atoms with Gasteiger partial charge in [-0.05, 0) is 43.4 Å². The van der Waals surface area contributed by atoms with Crippen LogP contribution in [0.1, 0.15) is 55.8 Å². The lowest BCUT2D eigenvalue weighted by atomic mass is 9.86. The van der Waals surface area contributed by atoms with Crippen molar-refractivity contribution in [1.82, 2.24) is 10.6 Å². The minimum absolute atomic E-state index is 0.0215. The Bertz CT molecular complexity index is 794. The molecule has 2 atom stereocenters. The molecule has 1 aliphatic carbocycles. The van der Waals surface area contributed by atoms with Gasteiger partial charge in [-0.2, -0.15) is 0 Å². The lowest BCUT2D eigenvalue weighted by Crippen LogP contribution is -2.48. The van der Waals surface area contributed by atoms with E-state index in [2.05, 4.69) is 17.6 Å². The van der Waals surface area contributed by atoms with E-state index in [1.165, 1.54) is 0 Å². The minimum atomic E-state index is -0.690. The quantitative estimate of drug-likeness (QED) is 0.737. The highest BCUT2D eigenvalue weighted by Gasteiger charge is 2.24. The van der Waals surface area contributed by atoms with Crippen LogP contribution in [0.3, 0.4) is 0 Å². The second-order valence-corrected chi connectivity index (χ2v) is 7.67. The number of hydrogen-bond donors (Lipinski definition) is 2. The van der Waals surface area contributed by atoms with Crippen molar-refractivity contribution in [3.05, 3.63) is 29.8 Å². The van der Waals surface area contributed by atoms with Crippen LogP contribution in [0.15, 0.2) is 24.3 Å². The molecule has 1 saturated heterocycles. The highest BCUT2D eigenvalue weighted by molar-refractivity contribution is 5.99. The fraction of sp³-hybridized carbons (Fsp3) is 0.524. The number of carbonyl (C=O) groups is 4. The van der Waals surface area contributed by atoms with E-state index in [-0.39, 0.29) is 17.5 Å². The van der Waals surface area contributed by atoms with Crippen LogP contribution in [-0.2, 0) is 14.3 Å². The van der Waals surface area contributed by atoms with Gasteiger partial charge in [-0.25, -0.2) is 9.59 Å². The van der Waals surface area contributed by atoms with Crippen LogP contribution in [0.5, 0.6) is 0 Å². The SMILES string of the molecule is C[C@@H]1CCCC[C@@H]1NC(=O)NC(=O)COC(=O)c1cccc(N2CCCC2=O)c1. The normalized spacial score (nSPS) is 21.6. The van der Waals surface area contributed by atoms with Gasteiger partial charge in [0, 0.05) is 24.7 Å². The van der Waals surface area contributed by atoms with Crippen molar-refractivity contribution < 1.29 is 23.9 Å². The maximum Gasteiger partial charge on any atom is 0.338 e. The van der Waals surface area contributed by atoms with Gasteiger partial charge in [0.2, 0.25) is 5.91 Å². The van der Waals surface area contributed by atoms with Gasteiger partial charge in [0.25, 0.3) is 5.91 Å². The van der Waals surface area contributed by atoms with Crippen molar-refractivity contribution in [2.75, 3.05) is 18.1 Å². The summed E-state index contributed by atoms with van der Waals surface area (Å²) in [4.78, 5) is 49.6. The van der Waals surface area contributed by atoms with Crippen LogP contribution in [0.25, 0.3) is 0 Å². The van der Waals surface area contributed by atoms with Crippen LogP contribution in [0.4, 0.5) is 10.5 Å². The Morgan fingerprint density at radius 2 is 1.97 bits per heavy atom. The average Bonchev–Trinajstić information content (AvgIpc) is 3.14. The van der Waals surface area contributed by atoms with E-state index in [1.807, 2.05) is 0 Å². The van der Waals surface area contributed by atoms with E-state index in [4.69, 9.17) is 4.74 Å². The maximum absolute atomic E-state index is 12.2. The lowest BCUT2D eigenvalue weighted by Gasteiger charge is -2.29. The number of urea groups is 1. The number of imide groups is 1. The molecule has 4 amide bonds. The van der Waals surface area contributed by atoms with Crippen LogP contribution < -0.4 is 15.5 Å². The Hall–Kier alpha value is -2.90. The first kappa shape index (κ1) is 20.8. The Balaban J connectivity index is 1.47. The molecule has 2 fully saturated rings. The Morgan fingerprint density at radius 1 is 1.17 bits per heavy atom. The highest BCUT2D eigenvalue weighted by atomic mass is 16.5. The zero-order valence-electron chi connectivity index (χ0n) is 16.6. The average molecular weight is 401 g/mol. The smallest absolute Gasteiger partial charge is 0.338 e. The van der Waals surface area contributed by atoms with E-state index in [1.54, 1.807) is 29.2 Å². The number of hydrogen-bond acceptors (Lipinski definition) is 5. The molecular weight excluding hydrogens is 374 g/mol. The molecule has 156 valence electrons. The van der Waals surface area contributed by atoms with Crippen molar-refractivity contribution in [2.45, 2.75) is 51.5 Å². The van der Waals surface area contributed by atoms with Crippen molar-refractivity contribution >= 4 is 29.5 Å². The molecule has 0 spiro atoms. The van der Waals surface area contributed by atoms with Crippen LogP contribution in [0.2, 0.25) is 0 Å². The second-order valence-electron chi connectivity index (χ2n) is 7.67. The molecule has 1 aliphatic heterocycles. The molecule has 2 aliphatic rings. The van der Waals surface area contributed by atoms with E-state index < -0.39 is 24.5 Å². The molecule has 1 heterocycles. The maximum atomic E-state index is 12.2. The number of esters is 1. The number of rotatable bonds is 5. The van der Waals surface area contributed by atoms with Gasteiger partial charge in [-0.1, -0.05) is 25.8 Å². The van der Waals surface area contributed by atoms with Crippen molar-refractivity contribution in [1.29, 1.82) is 0 Å². The summed E-state index contributed by atoms with van der Waals surface area (Å²) in [6.07, 6.45) is 5.45. The molecule has 2 N–H and O–H groups in total. The molecular formula is C21H27N3O5. The van der Waals surface area contributed by atoms with Gasteiger partial charge in [0.1, 0.15) is 0 Å². The van der Waals surface area contributed by atoms with Crippen LogP contribution in [-0.4, -0.2) is 43.0 Å². The van der Waals surface area contributed by atoms with Crippen molar-refractivity contribution in [3.8, 4) is 0 Å². The summed E-state index contributed by atoms with van der Waals surface area (Å²) < 4.78 is 5.01. The summed E-state index contributed by atoms with van der Waals surface area (Å²) in [6.45, 7) is 2.14. The summed E-state index contributed by atoms with van der Waals surface area (Å²) in [5.74, 6) is -0.981. The van der Waals surface area contributed by atoms with Gasteiger partial charge in [0.15, 0.2) is 6.61 Å². The molecule has 8 heteroatoms. The Labute approximate surface area is 170 Å². The lowest BCUT2D eigenvalue weighted by molar-refractivity contribution is -0.123. The van der Waals surface area contributed by atoms with E-state index in [0.717, 1.165) is 32.1 Å². The molecule has 0 bridgehead atoms. The minimum Gasteiger partial charge on any atom is -0.452 e. The zero-order valence-corrected chi connectivity index (χ0v) is 16.6. The molecule has 1 aromatic carbocycles. The van der Waals surface area contributed by atoms with E-state index in [9.17, 15) is 19.2 Å². The third kappa shape index (κ3) is 5.56. The molecule has 29 heavy (non-hydrogen) atoms. The standard InChI is InChI=1S/C21H27N3O5/c1-14-6-2-3-9-17(14)22-21(28)23-18(25)13-29-20(27)15-7-4-8-16(12-15)24-11-5-10-19(24)26/h4,7-8,12,14,17H,2-3,5-6,9-11,13H2,1H3,(H2,22,23,25,28)/t14-,17+/m1/s1. The van der Waals surface area contributed by atoms with Gasteiger partial charge in [-0.15, -0.1) is 0 Å². The Morgan fingerprint density at radius 3 is 2.69 bits per heavy atom. The monoisotopic (exact) mass is 401 g/mol. The van der Waals surface area contributed by atoms with Crippen LogP contribution in [0, 0.1) is 5.92 Å². The second kappa shape index (κ2) is 9.54. The largest absolute Gasteiger partial charge is 0.452 e. The van der Waals surface area contributed by atoms with Gasteiger partial charge in [0.05, 0.1) is 5.56 Å². The fourth-order valence-corrected chi connectivity index (χ4v) is 3.83. The summed E-state index contributed by atoms with van der Waals surface area (Å²) in [5.41, 5.74) is 0.878. The zero-order chi connectivity index (χ0) is 20.8. The number of nitrogens with one attached hydrogen (secondary N) is 2. The van der Waals surface area contributed by atoms with E-state index >= 15 is 0 Å². The molecule has 1 aromatic rings. The predicted octanol–water partition coefficient (Wildman–Crippen LogP) is 2.37. The molecule has 1 saturated carbocycles. The topological polar surface area (TPSA) is 105 Å². The fourth-order valence-electron chi connectivity index (χ4n) is 3.83. The van der Waals surface area contributed by atoms with E-state index in [0.29, 0.717) is 24.6 Å². The number of ether oxygens (including phenoxy) is 1. The summed E-state index contributed by atoms with van der Waals surface area (Å²) in [5, 5.41) is 5.01. The third-order valence-corrected chi connectivity index (χ3v) is 5.48. The van der Waals surface area contributed by atoms with Crippen molar-refractivity contribution in [3.63, 3.8) is 0 Å². The Kier molecular flexibility index (Phi) is 6.85. The summed E-state index contributed by atoms with van der Waals surface area (Å²) in [6, 6.07) is 6.02. The summed E-state index contributed by atoms with van der Waals surface area (Å²) in [7, 11) is 0. The number of nitrogens with zero attached hydrogens (tertiary/aromatic N) is 1. The molecule has 0 unspecified atom stereocenters. The molecule has 3 rings (SSSR count). The highest BCUT2D eigenvalue weighted by Crippen LogP contribution is 2.24. The number of amides is 4. The van der Waals surface area contributed by atoms with Gasteiger partial charge in [-0.3, -0.25) is 14.9 Å². The number of carbonyl (C=O) groups excluding carboxylic acids is 4. The number of benzene rings is 1. The molecule has 0 radical (unpaired) electrons. The van der Waals surface area contributed by atoms with Gasteiger partial charge >= 0.3 is 12.0 Å². The first-order chi connectivity index (χ1) is 13.9. The number of anilines is 1. The first-order valence-corrected chi connectivity index (χ1v) is 10.1. The van der Waals surface area contributed by atoms with Gasteiger partial charge < -0.3 is 15.0 Å². The first-order valence-electron chi connectivity index (χ1n) is 10.1. The summed E-state index contributed by atoms with van der Waals surface area (Å²) >= 11 is 0.